The Morgan fingerprint density at radius 3 is 2.46 bits per heavy atom. The lowest BCUT2D eigenvalue weighted by Crippen LogP contribution is -2.41. The van der Waals surface area contributed by atoms with Crippen LogP contribution >= 0.6 is 11.6 Å². The van der Waals surface area contributed by atoms with Crippen LogP contribution in [-0.4, -0.2) is 27.0 Å². The van der Waals surface area contributed by atoms with Gasteiger partial charge in [-0.15, -0.1) is 0 Å². The molecule has 1 fully saturated rings. The van der Waals surface area contributed by atoms with Crippen LogP contribution in [0.1, 0.15) is 48.4 Å². The minimum absolute atomic E-state index is 0.0127. The molecule has 2 aromatic carbocycles. The van der Waals surface area contributed by atoms with Crippen molar-refractivity contribution in [3.8, 4) is 11.4 Å². The zero-order valence-corrected chi connectivity index (χ0v) is 16.3. The molecular formula is C22H22ClN3O2. The number of halogens is 1. The van der Waals surface area contributed by atoms with Crippen molar-refractivity contribution in [2.75, 3.05) is 0 Å². The highest BCUT2D eigenvalue weighted by Crippen LogP contribution is 2.26. The lowest BCUT2D eigenvalue weighted by atomic mass is 9.93. The van der Waals surface area contributed by atoms with Crippen LogP contribution in [0.3, 0.4) is 0 Å². The third-order valence-corrected chi connectivity index (χ3v) is 5.43. The number of carbonyl (C=O) groups excluding carboxylic acids is 1. The first-order valence-corrected chi connectivity index (χ1v) is 10.0. The fraction of sp³-hybridized carbons (Fsp3) is 0.318. The molecule has 0 saturated heterocycles. The Morgan fingerprint density at radius 2 is 1.75 bits per heavy atom. The van der Waals surface area contributed by atoms with Crippen LogP contribution in [0, 0.1) is 0 Å². The Morgan fingerprint density at radius 1 is 1.04 bits per heavy atom. The van der Waals surface area contributed by atoms with E-state index in [2.05, 4.69) is 10.1 Å². The van der Waals surface area contributed by atoms with Gasteiger partial charge in [0.15, 0.2) is 0 Å². The second-order valence-electron chi connectivity index (χ2n) is 7.11. The van der Waals surface area contributed by atoms with Crippen molar-refractivity contribution in [3.05, 3.63) is 71.1 Å². The molecule has 1 amide bonds. The van der Waals surface area contributed by atoms with E-state index in [9.17, 15) is 4.79 Å². The second-order valence-corrected chi connectivity index (χ2v) is 7.55. The molecule has 28 heavy (non-hydrogen) atoms. The molecular weight excluding hydrogens is 374 g/mol. The van der Waals surface area contributed by atoms with Gasteiger partial charge in [0.1, 0.15) is 6.54 Å². The van der Waals surface area contributed by atoms with Crippen molar-refractivity contribution >= 4 is 17.5 Å². The average molecular weight is 396 g/mol. The van der Waals surface area contributed by atoms with Crippen LogP contribution in [0.15, 0.2) is 59.1 Å². The fourth-order valence-corrected chi connectivity index (χ4v) is 3.81. The van der Waals surface area contributed by atoms with Crippen molar-refractivity contribution < 1.29 is 9.32 Å². The summed E-state index contributed by atoms with van der Waals surface area (Å²) in [6, 6.07) is 16.9. The van der Waals surface area contributed by atoms with Gasteiger partial charge < -0.3 is 9.42 Å². The molecule has 0 atom stereocenters. The molecule has 0 radical (unpaired) electrons. The maximum Gasteiger partial charge on any atom is 0.254 e. The van der Waals surface area contributed by atoms with Gasteiger partial charge >= 0.3 is 0 Å². The van der Waals surface area contributed by atoms with Gasteiger partial charge in [-0.1, -0.05) is 54.2 Å². The zero-order valence-electron chi connectivity index (χ0n) is 15.6. The molecule has 0 unspecified atom stereocenters. The number of carbonyl (C=O) groups is 1. The van der Waals surface area contributed by atoms with Crippen LogP contribution in [0.2, 0.25) is 5.02 Å². The predicted octanol–water partition coefficient (Wildman–Crippen LogP) is 5.37. The third kappa shape index (κ3) is 4.25. The first-order valence-electron chi connectivity index (χ1n) is 9.65. The summed E-state index contributed by atoms with van der Waals surface area (Å²) < 4.78 is 5.47. The molecule has 144 valence electrons. The molecule has 0 N–H and O–H groups in total. The Bertz CT molecular complexity index is 918. The highest BCUT2D eigenvalue weighted by Gasteiger charge is 2.28. The van der Waals surface area contributed by atoms with Gasteiger partial charge in [0.2, 0.25) is 11.7 Å². The summed E-state index contributed by atoms with van der Waals surface area (Å²) in [7, 11) is 0. The monoisotopic (exact) mass is 395 g/mol. The number of nitrogens with zero attached hydrogens (tertiary/aromatic N) is 3. The molecule has 1 heterocycles. The predicted molar refractivity (Wildman–Crippen MR) is 108 cm³/mol. The van der Waals surface area contributed by atoms with Crippen LogP contribution in [0.25, 0.3) is 11.4 Å². The van der Waals surface area contributed by atoms with Crippen molar-refractivity contribution in [1.29, 1.82) is 0 Å². The maximum absolute atomic E-state index is 13.2. The highest BCUT2D eigenvalue weighted by molar-refractivity contribution is 6.30. The Hall–Kier alpha value is -2.66. The van der Waals surface area contributed by atoms with E-state index in [4.69, 9.17) is 16.1 Å². The molecule has 1 aliphatic rings. The highest BCUT2D eigenvalue weighted by atomic mass is 35.5. The van der Waals surface area contributed by atoms with Crippen molar-refractivity contribution in [3.63, 3.8) is 0 Å². The van der Waals surface area contributed by atoms with E-state index in [0.29, 0.717) is 28.8 Å². The summed E-state index contributed by atoms with van der Waals surface area (Å²) in [6.07, 6.45) is 5.53. The topological polar surface area (TPSA) is 59.2 Å². The fourth-order valence-electron chi connectivity index (χ4n) is 3.69. The molecule has 1 saturated carbocycles. The summed E-state index contributed by atoms with van der Waals surface area (Å²) in [5, 5.41) is 4.74. The summed E-state index contributed by atoms with van der Waals surface area (Å²) in [5.74, 6) is 0.959. The summed E-state index contributed by atoms with van der Waals surface area (Å²) in [5.41, 5.74) is 1.52. The number of rotatable bonds is 5. The first kappa shape index (κ1) is 18.7. The Labute approximate surface area is 169 Å². The average Bonchev–Trinajstić information content (AvgIpc) is 3.22. The quantitative estimate of drug-likeness (QED) is 0.583. The molecule has 0 spiro atoms. The van der Waals surface area contributed by atoms with Crippen molar-refractivity contribution in [2.24, 2.45) is 0 Å². The molecule has 0 bridgehead atoms. The van der Waals surface area contributed by atoms with Crippen molar-refractivity contribution in [1.82, 2.24) is 15.0 Å². The zero-order chi connectivity index (χ0) is 19.3. The molecule has 1 aliphatic carbocycles. The van der Waals surface area contributed by atoms with Gasteiger partial charge in [-0.25, -0.2) is 0 Å². The summed E-state index contributed by atoms with van der Waals surface area (Å²) in [4.78, 5) is 19.6. The van der Waals surface area contributed by atoms with Crippen LogP contribution in [0.4, 0.5) is 0 Å². The summed E-state index contributed by atoms with van der Waals surface area (Å²) >= 11 is 5.94. The molecule has 4 rings (SSSR count). The van der Waals surface area contributed by atoms with Gasteiger partial charge in [-0.05, 0) is 49.2 Å². The minimum atomic E-state index is 0.0127. The van der Waals surface area contributed by atoms with E-state index in [-0.39, 0.29) is 11.9 Å². The van der Waals surface area contributed by atoms with Gasteiger partial charge in [-0.3, -0.25) is 4.79 Å². The molecule has 3 aromatic rings. The standard InChI is InChI=1S/C22H22ClN3O2/c23-18-13-11-16(12-14-18)21-24-20(28-25-21)15-26(19-9-5-2-6-10-19)22(27)17-7-3-1-4-8-17/h1,3-4,7-8,11-14,19H,2,5-6,9-10,15H2. The van der Waals surface area contributed by atoms with Crippen molar-refractivity contribution in [2.45, 2.75) is 44.7 Å². The lowest BCUT2D eigenvalue weighted by Gasteiger charge is -2.33. The third-order valence-electron chi connectivity index (χ3n) is 5.17. The van der Waals surface area contributed by atoms with E-state index in [1.165, 1.54) is 6.42 Å². The number of hydrogen-bond acceptors (Lipinski definition) is 4. The summed E-state index contributed by atoms with van der Waals surface area (Å²) in [6.45, 7) is 0.318. The smallest absolute Gasteiger partial charge is 0.254 e. The lowest BCUT2D eigenvalue weighted by molar-refractivity contribution is 0.0586. The number of benzene rings is 2. The molecule has 1 aromatic heterocycles. The van der Waals surface area contributed by atoms with Gasteiger partial charge in [0.25, 0.3) is 5.91 Å². The van der Waals surface area contributed by atoms with Gasteiger partial charge in [-0.2, -0.15) is 4.98 Å². The maximum atomic E-state index is 13.2. The molecule has 0 aliphatic heterocycles. The van der Waals surface area contributed by atoms with E-state index in [1.54, 1.807) is 12.1 Å². The number of hydrogen-bond donors (Lipinski definition) is 0. The normalized spacial score (nSPS) is 14.8. The van der Waals surface area contributed by atoms with Gasteiger partial charge in [0, 0.05) is 22.2 Å². The SMILES string of the molecule is O=C(c1ccccc1)N(Cc1nc(-c2ccc(Cl)cc2)no1)C1CCCCC1. The van der Waals surface area contributed by atoms with E-state index in [0.717, 1.165) is 31.2 Å². The van der Waals surface area contributed by atoms with Gasteiger partial charge in [0.05, 0.1) is 0 Å². The van der Waals surface area contributed by atoms with E-state index < -0.39 is 0 Å². The minimum Gasteiger partial charge on any atom is -0.337 e. The van der Waals surface area contributed by atoms with E-state index >= 15 is 0 Å². The van der Waals surface area contributed by atoms with Crippen LogP contribution in [0.5, 0.6) is 0 Å². The molecule has 6 heteroatoms. The Kier molecular flexibility index (Phi) is 5.72. The number of amides is 1. The molecule has 5 nitrogen and oxygen atoms in total. The van der Waals surface area contributed by atoms with Crippen LogP contribution < -0.4 is 0 Å². The Balaban J connectivity index is 1.57. The number of aromatic nitrogens is 2. The van der Waals surface area contributed by atoms with E-state index in [1.807, 2.05) is 47.4 Å². The first-order chi connectivity index (χ1) is 13.7. The largest absolute Gasteiger partial charge is 0.337 e. The van der Waals surface area contributed by atoms with Crippen LogP contribution in [-0.2, 0) is 6.54 Å². The second kappa shape index (κ2) is 8.57.